The monoisotopic (exact) mass is 655 g/mol. The molecule has 8 atom stereocenters. The van der Waals surface area contributed by atoms with E-state index >= 15 is 0 Å². The van der Waals surface area contributed by atoms with Gasteiger partial charge in [0.15, 0.2) is 0 Å². The van der Waals surface area contributed by atoms with Crippen LogP contribution in [0.1, 0.15) is 56.8 Å². The Balaban J connectivity index is 1.45. The van der Waals surface area contributed by atoms with Crippen LogP contribution in [-0.2, 0) is 35.1 Å². The lowest BCUT2D eigenvalue weighted by Crippen LogP contribution is -2.59. The average molecular weight is 656 g/mol. The van der Waals surface area contributed by atoms with Gasteiger partial charge < -0.3 is 29.7 Å². The van der Waals surface area contributed by atoms with Crippen molar-refractivity contribution >= 4 is 23.7 Å². The quantitative estimate of drug-likeness (QED) is 0.330. The van der Waals surface area contributed by atoms with Gasteiger partial charge in [-0.3, -0.25) is 19.2 Å². The molecule has 4 aliphatic heterocycles. The van der Waals surface area contributed by atoms with Crippen molar-refractivity contribution in [2.45, 2.75) is 81.9 Å². The number of carbonyl (C=O) groups is 4. The molecule has 254 valence electrons. The zero-order valence-corrected chi connectivity index (χ0v) is 27.6. The minimum Gasteiger partial charge on any atom is -0.455 e. The average Bonchev–Trinajstić information content (AvgIpc) is 3.48. The number of carbonyl (C=O) groups excluding carboxylic acids is 4. The van der Waals surface area contributed by atoms with Crippen LogP contribution in [0.15, 0.2) is 85.0 Å². The van der Waals surface area contributed by atoms with Crippen LogP contribution in [0.2, 0.25) is 0 Å². The predicted molar refractivity (Wildman–Crippen MR) is 178 cm³/mol. The lowest BCUT2D eigenvalue weighted by Gasteiger charge is -2.40. The fourth-order valence-electron chi connectivity index (χ4n) is 7.86. The molecular weight excluding hydrogens is 610 g/mol. The summed E-state index contributed by atoms with van der Waals surface area (Å²) in [6, 6.07) is 16.8. The Morgan fingerprint density at radius 2 is 1.73 bits per heavy atom. The lowest BCUT2D eigenvalue weighted by molar-refractivity contribution is -0.161. The van der Waals surface area contributed by atoms with Crippen LogP contribution < -0.4 is 5.32 Å². The van der Waals surface area contributed by atoms with Crippen molar-refractivity contribution < 1.29 is 33.8 Å². The van der Waals surface area contributed by atoms with Gasteiger partial charge in [0.25, 0.3) is 0 Å². The molecule has 1 unspecified atom stereocenters. The summed E-state index contributed by atoms with van der Waals surface area (Å²) in [4.78, 5) is 60.0. The lowest BCUT2D eigenvalue weighted by atomic mass is 9.77. The summed E-state index contributed by atoms with van der Waals surface area (Å²) in [7, 11) is 0. The fourth-order valence-corrected chi connectivity index (χ4v) is 7.86. The molecule has 0 aromatic heterocycles. The maximum Gasteiger partial charge on any atom is 0.313 e. The smallest absolute Gasteiger partial charge is 0.313 e. The normalized spacial score (nSPS) is 30.9. The molecule has 2 fully saturated rings. The van der Waals surface area contributed by atoms with Crippen molar-refractivity contribution in [1.82, 2.24) is 15.1 Å². The molecule has 4 heterocycles. The first-order valence-corrected chi connectivity index (χ1v) is 17.1. The molecule has 6 rings (SSSR count). The van der Waals surface area contributed by atoms with Gasteiger partial charge >= 0.3 is 5.97 Å². The van der Waals surface area contributed by atoms with Crippen LogP contribution in [0.3, 0.4) is 0 Å². The van der Waals surface area contributed by atoms with Gasteiger partial charge in [-0.1, -0.05) is 98.3 Å². The maximum absolute atomic E-state index is 14.9. The molecule has 0 bridgehead atoms. The van der Waals surface area contributed by atoms with Gasteiger partial charge in [-0.2, -0.15) is 0 Å². The number of fused-ring (bicyclic) bond motifs is 2. The zero-order valence-electron chi connectivity index (χ0n) is 27.6. The van der Waals surface area contributed by atoms with Crippen LogP contribution in [0.4, 0.5) is 0 Å². The second-order valence-electron chi connectivity index (χ2n) is 13.3. The summed E-state index contributed by atoms with van der Waals surface area (Å²) in [5.74, 6) is -3.66. The number of cyclic esters (lactones) is 1. The van der Waals surface area contributed by atoms with Gasteiger partial charge in [0.2, 0.25) is 17.7 Å². The molecule has 2 N–H and O–H groups in total. The largest absolute Gasteiger partial charge is 0.455 e. The highest BCUT2D eigenvalue weighted by atomic mass is 16.6. The highest BCUT2D eigenvalue weighted by Gasteiger charge is 2.72. The molecular formula is C38H45N3O7. The molecule has 0 radical (unpaired) electrons. The Morgan fingerprint density at radius 3 is 2.44 bits per heavy atom. The Morgan fingerprint density at radius 1 is 1.00 bits per heavy atom. The Kier molecular flexibility index (Phi) is 10.1. The Bertz CT molecular complexity index is 1550. The predicted octanol–water partition coefficient (Wildman–Crippen LogP) is 3.51. The van der Waals surface area contributed by atoms with E-state index in [4.69, 9.17) is 9.47 Å². The second kappa shape index (κ2) is 14.5. The zero-order chi connectivity index (χ0) is 33.8. The van der Waals surface area contributed by atoms with E-state index in [1.165, 1.54) is 4.90 Å². The molecule has 0 aliphatic carbocycles. The first-order chi connectivity index (χ1) is 23.3. The number of esters is 1. The number of hydrogen-bond acceptors (Lipinski definition) is 7. The number of allylic oxidation sites excluding steroid dienone is 1. The number of likely N-dealkylation sites (tertiary alicyclic amines) is 1. The molecule has 10 heteroatoms. The molecule has 2 aromatic rings. The van der Waals surface area contributed by atoms with E-state index in [0.717, 1.165) is 18.4 Å². The maximum atomic E-state index is 14.9. The minimum absolute atomic E-state index is 0.0708. The van der Waals surface area contributed by atoms with Gasteiger partial charge in [-0.25, -0.2) is 0 Å². The number of aliphatic hydroxyl groups is 1. The minimum atomic E-state index is -1.48. The van der Waals surface area contributed by atoms with E-state index in [0.29, 0.717) is 24.9 Å². The molecule has 10 nitrogen and oxygen atoms in total. The van der Waals surface area contributed by atoms with E-state index in [1.807, 2.05) is 73.7 Å². The first kappa shape index (κ1) is 33.6. The van der Waals surface area contributed by atoms with Crippen LogP contribution in [0.5, 0.6) is 0 Å². The molecule has 3 amide bonds. The van der Waals surface area contributed by atoms with Gasteiger partial charge in [-0.05, 0) is 37.3 Å². The number of benzene rings is 2. The number of aliphatic hydroxyl groups excluding tert-OH is 1. The number of hydrogen-bond donors (Lipinski definition) is 2. The highest BCUT2D eigenvalue weighted by molar-refractivity contribution is 5.99. The molecule has 4 aliphatic rings. The summed E-state index contributed by atoms with van der Waals surface area (Å²) >= 11 is 0. The second-order valence-corrected chi connectivity index (χ2v) is 13.3. The topological polar surface area (TPSA) is 125 Å². The molecule has 2 saturated heterocycles. The van der Waals surface area contributed by atoms with Crippen molar-refractivity contribution in [3.63, 3.8) is 0 Å². The summed E-state index contributed by atoms with van der Waals surface area (Å²) in [5, 5.41) is 13.7. The first-order valence-electron chi connectivity index (χ1n) is 17.1. The Hall–Kier alpha value is -4.28. The molecule has 1 spiro atoms. The van der Waals surface area contributed by atoms with Crippen molar-refractivity contribution in [2.24, 2.45) is 11.8 Å². The third-order valence-electron chi connectivity index (χ3n) is 10.2. The van der Waals surface area contributed by atoms with E-state index in [9.17, 15) is 24.3 Å². The molecule has 48 heavy (non-hydrogen) atoms. The van der Waals surface area contributed by atoms with E-state index in [-0.39, 0.29) is 37.4 Å². The van der Waals surface area contributed by atoms with Gasteiger partial charge in [0, 0.05) is 19.0 Å². The van der Waals surface area contributed by atoms with Crippen molar-refractivity contribution in [3.05, 3.63) is 96.1 Å². The fraction of sp³-hybridized carbons (Fsp3) is 0.474. The standard InChI is InChI=1S/C38H45N3O7/c1-3-13-25(2)40-21-12-20-38-33(35(44)41(34(38)36(40)45)28(24-42)22-26-14-6-4-7-15-26)32-29(48-38)18-10-11-19-31(43)39-23-30(47-37(32)46)27-16-8-5-9-17-27/h4-10,12,14-18,20,25,28-30,32-34,42H,3,11,13,19,21-24H2,1-2H3,(H,39,43)/b18-10-/t25?,28-,29+,30-,32-,33-,34+,38-/m1/s1. The van der Waals surface area contributed by atoms with E-state index in [1.54, 1.807) is 23.1 Å². The van der Waals surface area contributed by atoms with Crippen LogP contribution in [-0.4, -0.2) is 88.1 Å². The van der Waals surface area contributed by atoms with Crippen molar-refractivity contribution in [2.75, 3.05) is 19.7 Å². The van der Waals surface area contributed by atoms with E-state index in [2.05, 4.69) is 12.2 Å². The number of nitrogens with zero attached hydrogens (tertiary/aromatic N) is 2. The van der Waals surface area contributed by atoms with Crippen LogP contribution >= 0.6 is 0 Å². The number of ether oxygens (including phenoxy) is 2. The summed E-state index contributed by atoms with van der Waals surface area (Å²) < 4.78 is 13.0. The Labute approximate surface area is 281 Å². The highest BCUT2D eigenvalue weighted by Crippen LogP contribution is 2.54. The van der Waals surface area contributed by atoms with Crippen molar-refractivity contribution in [3.8, 4) is 0 Å². The van der Waals surface area contributed by atoms with Gasteiger partial charge in [0.1, 0.15) is 23.7 Å². The third-order valence-corrected chi connectivity index (χ3v) is 10.2. The third kappa shape index (κ3) is 6.31. The number of amides is 3. The van der Waals surface area contributed by atoms with Crippen LogP contribution in [0, 0.1) is 11.8 Å². The number of nitrogens with one attached hydrogen (secondary N) is 1. The summed E-state index contributed by atoms with van der Waals surface area (Å²) in [5.41, 5.74) is 0.131. The SMILES string of the molecule is CCCC(C)N1CC=C[C@@]23O[C@H]4/C=C\CCC(=O)NC[C@H](c5ccccc5)OC(=O)[C@H]4[C@@H]2C(=O)N([C@@H](CO)Cc2ccccc2)[C@H]3C1=O. The van der Waals surface area contributed by atoms with Gasteiger partial charge in [-0.15, -0.1) is 0 Å². The van der Waals surface area contributed by atoms with Crippen LogP contribution in [0.25, 0.3) is 0 Å². The number of rotatable bonds is 8. The van der Waals surface area contributed by atoms with Gasteiger partial charge in [0.05, 0.1) is 31.2 Å². The van der Waals surface area contributed by atoms with Crippen molar-refractivity contribution in [1.29, 1.82) is 0 Å². The summed E-state index contributed by atoms with van der Waals surface area (Å²) in [6.45, 7) is 4.09. The molecule has 0 saturated carbocycles. The molecule has 2 aromatic carbocycles. The van der Waals surface area contributed by atoms with E-state index < -0.39 is 53.6 Å². The summed E-state index contributed by atoms with van der Waals surface area (Å²) in [6.07, 6.45) is 8.13.